The molecule has 1 aromatic carbocycles. The number of rotatable bonds is 11. The Kier molecular flexibility index (Phi) is 7.44. The van der Waals surface area contributed by atoms with Crippen molar-refractivity contribution < 1.29 is 42.5 Å². The Morgan fingerprint density at radius 2 is 1.87 bits per heavy atom. The highest BCUT2D eigenvalue weighted by Crippen LogP contribution is 2.30. The lowest BCUT2D eigenvalue weighted by Crippen LogP contribution is -2.52. The lowest BCUT2D eigenvalue weighted by atomic mass is 10.2. The maximum Gasteiger partial charge on any atom is 0.324 e. The first-order chi connectivity index (χ1) is 14.0. The molecule has 0 saturated heterocycles. The van der Waals surface area contributed by atoms with Crippen molar-refractivity contribution in [2.24, 2.45) is 0 Å². The van der Waals surface area contributed by atoms with Gasteiger partial charge in [0.05, 0.1) is 25.2 Å². The summed E-state index contributed by atoms with van der Waals surface area (Å²) in [5, 5.41) is 35.1. The van der Waals surface area contributed by atoms with Gasteiger partial charge >= 0.3 is 11.9 Å². The van der Waals surface area contributed by atoms with Gasteiger partial charge in [-0.15, -0.1) is 10.2 Å². The number of aliphatic carboxylic acids is 2. The number of carbonyl (C=O) groups is 2. The topological polar surface area (TPSA) is 201 Å². The average Bonchev–Trinajstić information content (AvgIpc) is 3.14. The zero-order chi connectivity index (χ0) is 22.5. The number of aliphatic hydroxyl groups is 1. The third-order valence-electron chi connectivity index (χ3n) is 3.78. The van der Waals surface area contributed by atoms with Crippen LogP contribution in [0.5, 0.6) is 5.75 Å². The van der Waals surface area contributed by atoms with Crippen molar-refractivity contribution in [3.05, 3.63) is 30.2 Å². The van der Waals surface area contributed by atoms with Crippen molar-refractivity contribution >= 4 is 22.1 Å². The number of benzene rings is 1. The summed E-state index contributed by atoms with van der Waals surface area (Å²) in [6.07, 6.45) is -2.33. The minimum Gasteiger partial charge on any atom is -0.496 e. The number of carboxylic acid groups (broad SMARTS) is 2. The van der Waals surface area contributed by atoms with Crippen LogP contribution in [0.3, 0.4) is 0 Å². The molecular formula is C16H20N4O9S. The molecule has 0 fully saturated rings. The number of carboxylic acids is 2. The number of nitrogens with one attached hydrogen (secondary N) is 2. The molecule has 5 N–H and O–H groups in total. The fourth-order valence-electron chi connectivity index (χ4n) is 2.40. The van der Waals surface area contributed by atoms with Crippen molar-refractivity contribution in [3.8, 4) is 17.2 Å². The van der Waals surface area contributed by atoms with Gasteiger partial charge in [0.1, 0.15) is 17.8 Å². The third-order valence-corrected chi connectivity index (χ3v) is 4.94. The second-order valence-corrected chi connectivity index (χ2v) is 7.57. The summed E-state index contributed by atoms with van der Waals surface area (Å²) in [6.45, 7) is 1.08. The van der Waals surface area contributed by atoms with Crippen molar-refractivity contribution in [2.45, 2.75) is 31.5 Å². The van der Waals surface area contributed by atoms with Crippen LogP contribution in [0.1, 0.15) is 25.3 Å². The number of nitrogens with zero attached hydrogens (tertiary/aromatic N) is 2. The highest BCUT2D eigenvalue weighted by molar-refractivity contribution is 7.87. The molecule has 3 atom stereocenters. The SMILES string of the molecule is COc1ccccc1-c1nnc([C@H](CC(=O)O)NS(=O)(=O)N[C@H](C(=O)O)C(C)O)o1. The van der Waals surface area contributed by atoms with E-state index in [4.69, 9.17) is 19.4 Å². The van der Waals surface area contributed by atoms with Crippen LogP contribution in [0, 0.1) is 0 Å². The van der Waals surface area contributed by atoms with E-state index in [1.807, 2.05) is 4.72 Å². The predicted octanol–water partition coefficient (Wildman–Crippen LogP) is -0.481. The minimum absolute atomic E-state index is 0.0441. The second-order valence-electron chi connectivity index (χ2n) is 6.09. The summed E-state index contributed by atoms with van der Waals surface area (Å²) >= 11 is 0. The fraction of sp³-hybridized carbons (Fsp3) is 0.375. The molecule has 2 aromatic rings. The van der Waals surface area contributed by atoms with Crippen molar-refractivity contribution in [1.82, 2.24) is 19.6 Å². The van der Waals surface area contributed by atoms with Gasteiger partial charge in [-0.1, -0.05) is 12.1 Å². The summed E-state index contributed by atoms with van der Waals surface area (Å²) in [6, 6.07) is 3.23. The molecule has 2 rings (SSSR count). The number of hydrogen-bond donors (Lipinski definition) is 5. The molecule has 30 heavy (non-hydrogen) atoms. The standard InChI is InChI=1S/C16H20N4O9S/c1-8(21)13(16(24)25)20-30(26,27)19-10(7-12(22)23)15-18-17-14(29-15)9-5-3-4-6-11(9)28-2/h3-6,8,10,13,19-21H,7H2,1-2H3,(H,22,23)(H,24,25)/t8?,10-,13-/m0/s1. The number of hydrogen-bond acceptors (Lipinski definition) is 9. The quantitative estimate of drug-likeness (QED) is 0.299. The molecule has 0 bridgehead atoms. The van der Waals surface area contributed by atoms with Crippen molar-refractivity contribution in [2.75, 3.05) is 7.11 Å². The highest BCUT2D eigenvalue weighted by atomic mass is 32.2. The number of methoxy groups -OCH3 is 1. The Balaban J connectivity index is 2.31. The zero-order valence-electron chi connectivity index (χ0n) is 15.8. The molecule has 1 aromatic heterocycles. The van der Waals surface area contributed by atoms with E-state index in [-0.39, 0.29) is 11.8 Å². The molecule has 0 aliphatic rings. The van der Waals surface area contributed by atoms with Gasteiger partial charge < -0.3 is 24.5 Å². The molecule has 1 unspecified atom stereocenters. The zero-order valence-corrected chi connectivity index (χ0v) is 16.7. The van der Waals surface area contributed by atoms with E-state index in [0.717, 1.165) is 6.92 Å². The molecule has 164 valence electrons. The van der Waals surface area contributed by atoms with E-state index in [2.05, 4.69) is 10.2 Å². The first kappa shape index (κ1) is 23.2. The summed E-state index contributed by atoms with van der Waals surface area (Å²) in [7, 11) is -3.17. The van der Waals surface area contributed by atoms with Gasteiger partial charge in [0.25, 0.3) is 16.1 Å². The Hall–Kier alpha value is -3.07. The van der Waals surface area contributed by atoms with Crippen LogP contribution in [0.4, 0.5) is 0 Å². The maximum atomic E-state index is 12.3. The molecule has 1 heterocycles. The molecule has 0 aliphatic carbocycles. The van der Waals surface area contributed by atoms with E-state index < -0.39 is 46.8 Å². The third kappa shape index (κ3) is 5.96. The number of ether oxygens (including phenoxy) is 1. The molecule has 0 spiro atoms. The summed E-state index contributed by atoms with van der Waals surface area (Å²) in [4.78, 5) is 22.3. The Morgan fingerprint density at radius 1 is 1.20 bits per heavy atom. The van der Waals surface area contributed by atoms with E-state index >= 15 is 0 Å². The van der Waals surface area contributed by atoms with Crippen LogP contribution in [-0.4, -0.2) is 65.1 Å². The molecule has 0 saturated carbocycles. The number of para-hydroxylation sites is 1. The number of aliphatic hydroxyl groups excluding tert-OH is 1. The highest BCUT2D eigenvalue weighted by Gasteiger charge is 2.32. The van der Waals surface area contributed by atoms with Crippen LogP contribution in [0.2, 0.25) is 0 Å². The molecule has 14 heteroatoms. The van der Waals surface area contributed by atoms with Gasteiger partial charge in [0.2, 0.25) is 5.89 Å². The predicted molar refractivity (Wildman–Crippen MR) is 99.6 cm³/mol. The molecule has 0 radical (unpaired) electrons. The lowest BCUT2D eigenvalue weighted by Gasteiger charge is -2.19. The Bertz CT molecular complexity index is 1010. The molecular weight excluding hydrogens is 424 g/mol. The molecule has 13 nitrogen and oxygen atoms in total. The first-order valence-electron chi connectivity index (χ1n) is 8.43. The lowest BCUT2D eigenvalue weighted by molar-refractivity contribution is -0.141. The number of aromatic nitrogens is 2. The molecule has 0 amide bonds. The normalized spacial score (nSPS) is 14.6. The van der Waals surface area contributed by atoms with E-state index in [0.29, 0.717) is 11.3 Å². The van der Waals surface area contributed by atoms with Gasteiger partial charge in [-0.2, -0.15) is 17.9 Å². The van der Waals surface area contributed by atoms with Gasteiger partial charge in [0.15, 0.2) is 0 Å². The van der Waals surface area contributed by atoms with Crippen LogP contribution in [0.25, 0.3) is 11.5 Å². The smallest absolute Gasteiger partial charge is 0.324 e. The average molecular weight is 444 g/mol. The summed E-state index contributed by atoms with van der Waals surface area (Å²) in [5.74, 6) is -3.03. The van der Waals surface area contributed by atoms with E-state index in [1.54, 1.807) is 29.0 Å². The van der Waals surface area contributed by atoms with Gasteiger partial charge in [0, 0.05) is 0 Å². The molecule has 0 aliphatic heterocycles. The largest absolute Gasteiger partial charge is 0.496 e. The maximum absolute atomic E-state index is 12.3. The van der Waals surface area contributed by atoms with Gasteiger partial charge in [-0.3, -0.25) is 9.59 Å². The van der Waals surface area contributed by atoms with Crippen LogP contribution in [0.15, 0.2) is 28.7 Å². The van der Waals surface area contributed by atoms with Crippen LogP contribution >= 0.6 is 0 Å². The Labute approximate surface area is 170 Å². The first-order valence-corrected chi connectivity index (χ1v) is 9.91. The van der Waals surface area contributed by atoms with Gasteiger partial charge in [-0.05, 0) is 19.1 Å². The Morgan fingerprint density at radius 3 is 2.43 bits per heavy atom. The monoisotopic (exact) mass is 444 g/mol. The van der Waals surface area contributed by atoms with Crippen LogP contribution in [-0.2, 0) is 19.8 Å². The van der Waals surface area contributed by atoms with Crippen molar-refractivity contribution in [1.29, 1.82) is 0 Å². The van der Waals surface area contributed by atoms with E-state index in [9.17, 15) is 23.1 Å². The second kappa shape index (κ2) is 9.62. The van der Waals surface area contributed by atoms with Crippen molar-refractivity contribution in [3.63, 3.8) is 0 Å². The fourth-order valence-corrected chi connectivity index (χ4v) is 3.66. The van der Waals surface area contributed by atoms with Crippen LogP contribution < -0.4 is 14.2 Å². The van der Waals surface area contributed by atoms with Gasteiger partial charge in [-0.25, -0.2) is 0 Å². The van der Waals surface area contributed by atoms with E-state index in [1.165, 1.54) is 7.11 Å². The summed E-state index contributed by atoms with van der Waals surface area (Å²) < 4.78 is 38.9. The minimum atomic E-state index is -4.59. The summed E-state index contributed by atoms with van der Waals surface area (Å²) in [5.41, 5.74) is 0.397.